The van der Waals surface area contributed by atoms with E-state index in [4.69, 9.17) is 14.2 Å². The van der Waals surface area contributed by atoms with Crippen LogP contribution < -0.4 is 0 Å². The van der Waals surface area contributed by atoms with Crippen molar-refractivity contribution in [2.24, 2.45) is 0 Å². The van der Waals surface area contributed by atoms with E-state index in [-0.39, 0.29) is 18.2 Å². The Morgan fingerprint density at radius 2 is 1.81 bits per heavy atom. The van der Waals surface area contributed by atoms with Gasteiger partial charge in [0.25, 0.3) is 0 Å². The lowest BCUT2D eigenvalue weighted by Crippen LogP contribution is -2.41. The molecule has 3 aliphatic rings. The minimum atomic E-state index is -3.59. The molecule has 27 heavy (non-hydrogen) atoms. The topological polar surface area (TPSA) is 64.8 Å². The highest BCUT2D eigenvalue weighted by Gasteiger charge is 2.69. The molecule has 0 radical (unpaired) electrons. The highest BCUT2D eigenvalue weighted by molar-refractivity contribution is 7.89. The van der Waals surface area contributed by atoms with E-state index in [1.807, 2.05) is 49.4 Å². The van der Waals surface area contributed by atoms with Gasteiger partial charge in [0.1, 0.15) is 12.2 Å². The number of hydrogen-bond acceptors (Lipinski definition) is 5. The van der Waals surface area contributed by atoms with Crippen molar-refractivity contribution in [3.63, 3.8) is 0 Å². The Morgan fingerprint density at radius 1 is 1.07 bits per heavy atom. The lowest BCUT2D eigenvalue weighted by molar-refractivity contribution is -0.167. The number of nitrogens with zero attached hydrogens (tertiary/aromatic N) is 1. The smallest absolute Gasteiger partial charge is 0.243 e. The summed E-state index contributed by atoms with van der Waals surface area (Å²) in [5.74, 6) is 0. The largest absolute Gasteiger partial charge is 0.366 e. The molecule has 2 aromatic carbocycles. The SMILES string of the molecule is Cc1ccc(S(=O)(=O)N2[C@H]3[C@@H](OCc4ccccc4)[C@@H]4OC[C@@H](O4)[C@H]32)cc1. The van der Waals surface area contributed by atoms with Gasteiger partial charge in [0.05, 0.1) is 30.2 Å². The molecule has 6 atom stereocenters. The Labute approximate surface area is 158 Å². The fourth-order valence-corrected chi connectivity index (χ4v) is 5.83. The van der Waals surface area contributed by atoms with Gasteiger partial charge in [-0.25, -0.2) is 8.42 Å². The highest BCUT2D eigenvalue weighted by Crippen LogP contribution is 2.49. The Kier molecular flexibility index (Phi) is 4.10. The fourth-order valence-electron chi connectivity index (χ4n) is 4.02. The lowest BCUT2D eigenvalue weighted by Gasteiger charge is -2.25. The minimum absolute atomic E-state index is 0.225. The molecule has 5 rings (SSSR count). The summed E-state index contributed by atoms with van der Waals surface area (Å²) < 4.78 is 45.5. The van der Waals surface area contributed by atoms with Crippen molar-refractivity contribution in [2.75, 3.05) is 6.61 Å². The number of sulfonamides is 1. The monoisotopic (exact) mass is 387 g/mol. The van der Waals surface area contributed by atoms with E-state index in [0.717, 1.165) is 11.1 Å². The molecule has 2 aromatic rings. The third kappa shape index (κ3) is 2.90. The molecule has 0 amide bonds. The first-order chi connectivity index (χ1) is 13.1. The third-order valence-corrected chi connectivity index (χ3v) is 7.36. The molecule has 6 nitrogen and oxygen atoms in total. The Bertz CT molecular complexity index is 931. The number of benzene rings is 2. The molecule has 0 spiro atoms. The molecule has 3 aliphatic heterocycles. The van der Waals surface area contributed by atoms with Crippen LogP contribution in [0.4, 0.5) is 0 Å². The second kappa shape index (κ2) is 6.39. The average molecular weight is 387 g/mol. The molecule has 2 bridgehead atoms. The molecule has 142 valence electrons. The summed E-state index contributed by atoms with van der Waals surface area (Å²) in [4.78, 5) is 0.307. The maximum Gasteiger partial charge on any atom is 0.243 e. The second-order valence-electron chi connectivity index (χ2n) is 7.27. The van der Waals surface area contributed by atoms with Crippen molar-refractivity contribution in [3.8, 4) is 0 Å². The van der Waals surface area contributed by atoms with E-state index in [9.17, 15) is 8.42 Å². The van der Waals surface area contributed by atoms with Crippen LogP contribution in [0.1, 0.15) is 11.1 Å². The van der Waals surface area contributed by atoms with Gasteiger partial charge in [-0.05, 0) is 24.6 Å². The van der Waals surface area contributed by atoms with Gasteiger partial charge in [-0.15, -0.1) is 0 Å². The zero-order chi connectivity index (χ0) is 18.6. The highest BCUT2D eigenvalue weighted by atomic mass is 32.2. The Balaban J connectivity index is 1.39. The first-order valence-electron chi connectivity index (χ1n) is 9.08. The van der Waals surface area contributed by atoms with Crippen LogP contribution in [0.25, 0.3) is 0 Å². The number of hydrogen-bond donors (Lipinski definition) is 0. The molecule has 3 saturated heterocycles. The first kappa shape index (κ1) is 17.3. The molecule has 0 aromatic heterocycles. The van der Waals surface area contributed by atoms with Gasteiger partial charge in [0.15, 0.2) is 6.29 Å². The van der Waals surface area contributed by atoms with Crippen LogP contribution in [0.3, 0.4) is 0 Å². The maximum atomic E-state index is 13.1. The summed E-state index contributed by atoms with van der Waals surface area (Å²) >= 11 is 0. The van der Waals surface area contributed by atoms with E-state index in [1.54, 1.807) is 16.4 Å². The molecule has 0 aliphatic carbocycles. The standard InChI is InChI=1S/C20H21NO5S/c1-13-7-9-15(10-8-13)27(22,23)21-17-16-12-25-20(26-16)19(18(17)21)24-11-14-5-3-2-4-6-14/h2-10,16-20H,11-12H2,1H3/t16-,17-,18-,19-,20-,21?/m1/s1. The van der Waals surface area contributed by atoms with Gasteiger partial charge in [-0.2, -0.15) is 4.31 Å². The van der Waals surface area contributed by atoms with E-state index in [2.05, 4.69) is 0 Å². The summed E-state index contributed by atoms with van der Waals surface area (Å²) in [6.07, 6.45) is -1.18. The summed E-state index contributed by atoms with van der Waals surface area (Å²) in [5.41, 5.74) is 2.06. The average Bonchev–Trinajstić information content (AvgIpc) is 3.30. The van der Waals surface area contributed by atoms with Crippen LogP contribution in [-0.2, 0) is 30.8 Å². The van der Waals surface area contributed by atoms with Crippen LogP contribution in [0.2, 0.25) is 0 Å². The molecule has 1 unspecified atom stereocenters. The van der Waals surface area contributed by atoms with Gasteiger partial charge in [0.2, 0.25) is 10.0 Å². The van der Waals surface area contributed by atoms with Crippen molar-refractivity contribution in [1.82, 2.24) is 4.31 Å². The summed E-state index contributed by atoms with van der Waals surface area (Å²) in [5, 5.41) is 0. The molecular weight excluding hydrogens is 366 g/mol. The predicted octanol–water partition coefficient (Wildman–Crippen LogP) is 2.08. The zero-order valence-electron chi connectivity index (χ0n) is 14.9. The number of ether oxygens (including phenoxy) is 3. The zero-order valence-corrected chi connectivity index (χ0v) is 15.7. The van der Waals surface area contributed by atoms with Crippen molar-refractivity contribution < 1.29 is 22.6 Å². The maximum absolute atomic E-state index is 13.1. The Hall–Kier alpha value is -1.77. The van der Waals surface area contributed by atoms with Crippen molar-refractivity contribution >= 4 is 10.0 Å². The summed E-state index contributed by atoms with van der Waals surface area (Å²) in [7, 11) is -3.59. The van der Waals surface area contributed by atoms with Gasteiger partial charge in [0, 0.05) is 0 Å². The summed E-state index contributed by atoms with van der Waals surface area (Å²) in [6, 6.07) is 16.3. The fraction of sp³-hybridized carbons (Fsp3) is 0.400. The molecule has 0 N–H and O–H groups in total. The number of aryl methyl sites for hydroxylation is 1. The molecule has 0 saturated carbocycles. The normalized spacial score (nSPS) is 34.3. The van der Waals surface area contributed by atoms with E-state index in [1.165, 1.54) is 0 Å². The van der Waals surface area contributed by atoms with Gasteiger partial charge < -0.3 is 14.2 Å². The van der Waals surface area contributed by atoms with Gasteiger partial charge in [-0.1, -0.05) is 48.0 Å². The van der Waals surface area contributed by atoms with Crippen molar-refractivity contribution in [1.29, 1.82) is 0 Å². The second-order valence-corrected chi connectivity index (χ2v) is 9.11. The van der Waals surface area contributed by atoms with Gasteiger partial charge in [-0.3, -0.25) is 0 Å². The van der Waals surface area contributed by atoms with Crippen LogP contribution in [0.5, 0.6) is 0 Å². The van der Waals surface area contributed by atoms with Gasteiger partial charge >= 0.3 is 0 Å². The van der Waals surface area contributed by atoms with Crippen LogP contribution in [0.15, 0.2) is 59.5 Å². The first-order valence-corrected chi connectivity index (χ1v) is 10.5. The quantitative estimate of drug-likeness (QED) is 0.735. The molecule has 3 heterocycles. The minimum Gasteiger partial charge on any atom is -0.366 e. The summed E-state index contributed by atoms with van der Waals surface area (Å²) in [6.45, 7) is 2.73. The van der Waals surface area contributed by atoms with E-state index < -0.39 is 22.4 Å². The number of fused-ring (bicyclic) bond motifs is 4. The van der Waals surface area contributed by atoms with Crippen LogP contribution >= 0.6 is 0 Å². The van der Waals surface area contributed by atoms with Crippen molar-refractivity contribution in [3.05, 3.63) is 65.7 Å². The third-order valence-electron chi connectivity index (χ3n) is 5.45. The van der Waals surface area contributed by atoms with Crippen LogP contribution in [0, 0.1) is 6.92 Å². The molecule has 3 fully saturated rings. The van der Waals surface area contributed by atoms with E-state index >= 15 is 0 Å². The molecular formula is C20H21NO5S. The Morgan fingerprint density at radius 3 is 2.56 bits per heavy atom. The van der Waals surface area contributed by atoms with E-state index in [0.29, 0.717) is 18.1 Å². The molecule has 7 heteroatoms. The lowest BCUT2D eigenvalue weighted by atomic mass is 10.1. The number of rotatable bonds is 5. The predicted molar refractivity (Wildman–Crippen MR) is 97.4 cm³/mol. The van der Waals surface area contributed by atoms with Crippen LogP contribution in [-0.4, -0.2) is 49.9 Å². The van der Waals surface area contributed by atoms with Crippen molar-refractivity contribution in [2.45, 2.75) is 49.0 Å².